The summed E-state index contributed by atoms with van der Waals surface area (Å²) in [5.74, 6) is 0. The maximum Gasteiger partial charge on any atom is 0.235 e. The van der Waals surface area contributed by atoms with E-state index in [1.807, 2.05) is 54.6 Å². The summed E-state index contributed by atoms with van der Waals surface area (Å²) < 4.78 is 0. The van der Waals surface area contributed by atoms with Crippen molar-refractivity contribution in [1.82, 2.24) is 0 Å². The van der Waals surface area contributed by atoms with Crippen molar-refractivity contribution >= 4 is 6.08 Å². The maximum atomic E-state index is 10.3. The van der Waals surface area contributed by atoms with E-state index >= 15 is 0 Å². The molecule has 0 aliphatic rings. The van der Waals surface area contributed by atoms with Crippen molar-refractivity contribution in [1.29, 1.82) is 0 Å². The SMILES string of the molecule is O=[N+]([O-])/C=C/c1ccccc1-c1ccccc1. The van der Waals surface area contributed by atoms with Crippen LogP contribution in [0.25, 0.3) is 17.2 Å². The van der Waals surface area contributed by atoms with Crippen LogP contribution in [0.15, 0.2) is 60.8 Å². The Morgan fingerprint density at radius 3 is 2.29 bits per heavy atom. The van der Waals surface area contributed by atoms with E-state index < -0.39 is 4.92 Å². The van der Waals surface area contributed by atoms with Gasteiger partial charge >= 0.3 is 0 Å². The Labute approximate surface area is 99.2 Å². The van der Waals surface area contributed by atoms with Gasteiger partial charge in [-0.2, -0.15) is 0 Å². The molecule has 84 valence electrons. The quantitative estimate of drug-likeness (QED) is 0.591. The second kappa shape index (κ2) is 5.07. The molecule has 0 amide bonds. The zero-order valence-corrected chi connectivity index (χ0v) is 9.11. The molecule has 0 N–H and O–H groups in total. The predicted molar refractivity (Wildman–Crippen MR) is 67.9 cm³/mol. The molecule has 0 bridgehead atoms. The normalized spacial score (nSPS) is 10.6. The smallest absolute Gasteiger partial charge is 0.235 e. The van der Waals surface area contributed by atoms with Gasteiger partial charge in [0.1, 0.15) is 0 Å². The van der Waals surface area contributed by atoms with Crippen LogP contribution in [0.1, 0.15) is 5.56 Å². The molecule has 0 fully saturated rings. The van der Waals surface area contributed by atoms with Gasteiger partial charge in [-0.3, -0.25) is 10.1 Å². The minimum absolute atomic E-state index is 0.457. The Balaban J connectivity index is 2.45. The van der Waals surface area contributed by atoms with E-state index in [1.54, 1.807) is 0 Å². The third-order valence-corrected chi connectivity index (χ3v) is 2.42. The van der Waals surface area contributed by atoms with E-state index in [9.17, 15) is 10.1 Å². The van der Waals surface area contributed by atoms with E-state index in [-0.39, 0.29) is 0 Å². The number of hydrogen-bond acceptors (Lipinski definition) is 2. The minimum atomic E-state index is -0.457. The third-order valence-electron chi connectivity index (χ3n) is 2.42. The van der Waals surface area contributed by atoms with E-state index in [4.69, 9.17) is 0 Å². The molecule has 0 unspecified atom stereocenters. The molecule has 0 heterocycles. The maximum absolute atomic E-state index is 10.3. The zero-order valence-electron chi connectivity index (χ0n) is 9.11. The van der Waals surface area contributed by atoms with Crippen molar-refractivity contribution < 1.29 is 4.92 Å². The van der Waals surface area contributed by atoms with Gasteiger partial charge in [0.15, 0.2) is 0 Å². The van der Waals surface area contributed by atoms with Crippen molar-refractivity contribution in [2.24, 2.45) is 0 Å². The van der Waals surface area contributed by atoms with Gasteiger partial charge in [-0.05, 0) is 16.7 Å². The number of nitro groups is 1. The fourth-order valence-electron chi connectivity index (χ4n) is 1.66. The highest BCUT2D eigenvalue weighted by molar-refractivity contribution is 5.74. The first-order valence-electron chi connectivity index (χ1n) is 5.23. The van der Waals surface area contributed by atoms with Crippen LogP contribution >= 0.6 is 0 Å². The van der Waals surface area contributed by atoms with Crippen LogP contribution in [0.5, 0.6) is 0 Å². The van der Waals surface area contributed by atoms with Crippen molar-refractivity contribution in [2.75, 3.05) is 0 Å². The van der Waals surface area contributed by atoms with E-state index in [0.29, 0.717) is 0 Å². The van der Waals surface area contributed by atoms with Crippen molar-refractivity contribution in [3.8, 4) is 11.1 Å². The molecule has 0 aliphatic heterocycles. The average molecular weight is 225 g/mol. The summed E-state index contributed by atoms with van der Waals surface area (Å²) in [5.41, 5.74) is 2.89. The van der Waals surface area contributed by atoms with E-state index in [0.717, 1.165) is 22.9 Å². The Morgan fingerprint density at radius 2 is 1.59 bits per heavy atom. The Hall–Kier alpha value is -2.42. The van der Waals surface area contributed by atoms with Crippen LogP contribution in [0.4, 0.5) is 0 Å². The summed E-state index contributed by atoms with van der Waals surface area (Å²) in [6, 6.07) is 17.4. The van der Waals surface area contributed by atoms with Crippen LogP contribution in [0.3, 0.4) is 0 Å². The Bertz CT molecular complexity index is 547. The van der Waals surface area contributed by atoms with Gasteiger partial charge in [-0.15, -0.1) is 0 Å². The fraction of sp³-hybridized carbons (Fsp3) is 0. The number of hydrogen-bond donors (Lipinski definition) is 0. The lowest BCUT2D eigenvalue weighted by molar-refractivity contribution is -0.400. The molecule has 0 aliphatic carbocycles. The Morgan fingerprint density at radius 1 is 0.941 bits per heavy atom. The molecule has 3 heteroatoms. The zero-order chi connectivity index (χ0) is 12.1. The van der Waals surface area contributed by atoms with E-state index in [1.165, 1.54) is 6.08 Å². The van der Waals surface area contributed by atoms with Crippen molar-refractivity contribution in [3.05, 3.63) is 76.5 Å². The summed E-state index contributed by atoms with van der Waals surface area (Å²) in [4.78, 5) is 9.88. The molecule has 17 heavy (non-hydrogen) atoms. The molecule has 0 saturated heterocycles. The second-order valence-electron chi connectivity index (χ2n) is 3.55. The van der Waals surface area contributed by atoms with Crippen molar-refractivity contribution in [3.63, 3.8) is 0 Å². The summed E-state index contributed by atoms with van der Waals surface area (Å²) in [6.45, 7) is 0. The molecule has 0 aromatic heterocycles. The van der Waals surface area contributed by atoms with Crippen LogP contribution in [-0.4, -0.2) is 4.92 Å². The van der Waals surface area contributed by atoms with Gasteiger partial charge in [-0.1, -0.05) is 54.6 Å². The molecule has 2 aromatic rings. The van der Waals surface area contributed by atoms with Crippen LogP contribution in [-0.2, 0) is 0 Å². The average Bonchev–Trinajstić information content (AvgIpc) is 2.38. The molecule has 0 spiro atoms. The highest BCUT2D eigenvalue weighted by atomic mass is 16.6. The molecule has 2 aromatic carbocycles. The first-order chi connectivity index (χ1) is 8.27. The molecule has 3 nitrogen and oxygen atoms in total. The molecule has 0 saturated carbocycles. The molecule has 0 atom stereocenters. The summed E-state index contributed by atoms with van der Waals surface area (Å²) >= 11 is 0. The number of rotatable bonds is 3. The fourth-order valence-corrected chi connectivity index (χ4v) is 1.66. The summed E-state index contributed by atoms with van der Waals surface area (Å²) in [5, 5.41) is 10.3. The highest BCUT2D eigenvalue weighted by Gasteiger charge is 2.01. The summed E-state index contributed by atoms with van der Waals surface area (Å²) in [7, 11) is 0. The topological polar surface area (TPSA) is 43.1 Å². The molecule has 2 rings (SSSR count). The Kier molecular flexibility index (Phi) is 3.31. The van der Waals surface area contributed by atoms with Crippen LogP contribution in [0.2, 0.25) is 0 Å². The number of nitrogens with zero attached hydrogens (tertiary/aromatic N) is 1. The number of benzene rings is 2. The van der Waals surface area contributed by atoms with Gasteiger partial charge in [0, 0.05) is 6.08 Å². The van der Waals surface area contributed by atoms with Gasteiger partial charge in [0.05, 0.1) is 4.92 Å². The predicted octanol–water partition coefficient (Wildman–Crippen LogP) is 3.60. The third kappa shape index (κ3) is 2.78. The first kappa shape index (κ1) is 11.1. The molecule has 0 radical (unpaired) electrons. The van der Waals surface area contributed by atoms with Gasteiger partial charge in [0.25, 0.3) is 0 Å². The second-order valence-corrected chi connectivity index (χ2v) is 3.55. The molecular formula is C14H11NO2. The van der Waals surface area contributed by atoms with Gasteiger partial charge < -0.3 is 0 Å². The van der Waals surface area contributed by atoms with Crippen LogP contribution < -0.4 is 0 Å². The standard InChI is InChI=1S/C14H11NO2/c16-15(17)11-10-13-8-4-5-9-14(13)12-6-2-1-3-7-12/h1-11H/b11-10+. The highest BCUT2D eigenvalue weighted by Crippen LogP contribution is 2.24. The molecular weight excluding hydrogens is 214 g/mol. The summed E-state index contributed by atoms with van der Waals surface area (Å²) in [6.07, 6.45) is 2.48. The lowest BCUT2D eigenvalue weighted by atomic mass is 10.00. The lowest BCUT2D eigenvalue weighted by Gasteiger charge is -2.04. The minimum Gasteiger partial charge on any atom is -0.259 e. The monoisotopic (exact) mass is 225 g/mol. The lowest BCUT2D eigenvalue weighted by Crippen LogP contribution is -1.85. The van der Waals surface area contributed by atoms with Crippen LogP contribution in [0, 0.1) is 10.1 Å². The largest absolute Gasteiger partial charge is 0.259 e. The van der Waals surface area contributed by atoms with Gasteiger partial charge in [0.2, 0.25) is 6.20 Å². The van der Waals surface area contributed by atoms with Crippen molar-refractivity contribution in [2.45, 2.75) is 0 Å². The van der Waals surface area contributed by atoms with E-state index in [2.05, 4.69) is 0 Å². The van der Waals surface area contributed by atoms with Gasteiger partial charge in [-0.25, -0.2) is 0 Å². The first-order valence-corrected chi connectivity index (χ1v) is 5.23.